The van der Waals surface area contributed by atoms with Crippen LogP contribution in [0.15, 0.2) is 48.5 Å². The molecule has 3 heteroatoms. The first-order chi connectivity index (χ1) is 8.22. The predicted molar refractivity (Wildman–Crippen MR) is 65.4 cm³/mol. The number of benzene rings is 2. The number of hydrogen-bond acceptors (Lipinski definition) is 2. The van der Waals surface area contributed by atoms with E-state index in [2.05, 4.69) is 0 Å². The zero-order valence-corrected chi connectivity index (χ0v) is 9.56. The lowest BCUT2D eigenvalue weighted by atomic mass is 9.99. The molecular weight excluding hydrogens is 217 g/mol. The summed E-state index contributed by atoms with van der Waals surface area (Å²) in [5.74, 6) is -0.162. The van der Waals surface area contributed by atoms with Crippen LogP contribution in [0.1, 0.15) is 17.2 Å². The maximum atomic E-state index is 13.3. The van der Waals surface area contributed by atoms with Gasteiger partial charge in [0.25, 0.3) is 0 Å². The second-order valence-corrected chi connectivity index (χ2v) is 3.78. The molecule has 0 aliphatic rings. The largest absolute Gasteiger partial charge is 0.494 e. The van der Waals surface area contributed by atoms with Crippen LogP contribution in [0.25, 0.3) is 0 Å². The lowest BCUT2D eigenvalue weighted by molar-refractivity contribution is 0.385. The Morgan fingerprint density at radius 3 is 2.41 bits per heavy atom. The van der Waals surface area contributed by atoms with Crippen LogP contribution in [-0.2, 0) is 0 Å². The van der Waals surface area contributed by atoms with Gasteiger partial charge < -0.3 is 10.5 Å². The Bertz CT molecular complexity index is 499. The molecule has 0 aromatic heterocycles. The quantitative estimate of drug-likeness (QED) is 0.881. The normalized spacial score (nSPS) is 12.2. The lowest BCUT2D eigenvalue weighted by Crippen LogP contribution is -2.11. The highest BCUT2D eigenvalue weighted by Crippen LogP contribution is 2.25. The molecule has 0 radical (unpaired) electrons. The van der Waals surface area contributed by atoms with E-state index in [0.717, 1.165) is 11.1 Å². The summed E-state index contributed by atoms with van der Waals surface area (Å²) in [4.78, 5) is 0. The zero-order chi connectivity index (χ0) is 12.3. The molecule has 0 aliphatic heterocycles. The molecule has 0 heterocycles. The van der Waals surface area contributed by atoms with E-state index in [1.54, 1.807) is 12.1 Å². The third kappa shape index (κ3) is 2.45. The molecule has 2 N–H and O–H groups in total. The summed E-state index contributed by atoms with van der Waals surface area (Å²) in [5.41, 5.74) is 7.93. The first kappa shape index (κ1) is 11.6. The van der Waals surface area contributed by atoms with E-state index in [9.17, 15) is 4.39 Å². The third-order valence-electron chi connectivity index (χ3n) is 2.69. The van der Waals surface area contributed by atoms with Gasteiger partial charge in [0.2, 0.25) is 0 Å². The van der Waals surface area contributed by atoms with Crippen molar-refractivity contribution >= 4 is 0 Å². The molecule has 1 atom stereocenters. The Morgan fingerprint density at radius 1 is 1.06 bits per heavy atom. The third-order valence-corrected chi connectivity index (χ3v) is 2.69. The summed E-state index contributed by atoms with van der Waals surface area (Å²) in [5, 5.41) is 0. The van der Waals surface area contributed by atoms with Gasteiger partial charge in [0.05, 0.1) is 13.2 Å². The minimum Gasteiger partial charge on any atom is -0.494 e. The molecule has 17 heavy (non-hydrogen) atoms. The fourth-order valence-electron chi connectivity index (χ4n) is 1.72. The van der Waals surface area contributed by atoms with Crippen LogP contribution in [0, 0.1) is 5.82 Å². The summed E-state index contributed by atoms with van der Waals surface area (Å²) in [6, 6.07) is 14.1. The van der Waals surface area contributed by atoms with Gasteiger partial charge in [-0.3, -0.25) is 0 Å². The van der Waals surface area contributed by atoms with Crippen molar-refractivity contribution in [3.63, 3.8) is 0 Å². The van der Waals surface area contributed by atoms with Gasteiger partial charge in [0.1, 0.15) is 0 Å². The van der Waals surface area contributed by atoms with E-state index in [1.807, 2.05) is 30.3 Å². The number of halogens is 1. The highest BCUT2D eigenvalue weighted by molar-refractivity contribution is 5.37. The maximum absolute atomic E-state index is 13.3. The van der Waals surface area contributed by atoms with Crippen molar-refractivity contribution in [3.05, 3.63) is 65.5 Å². The van der Waals surface area contributed by atoms with Crippen LogP contribution in [0.2, 0.25) is 0 Å². The standard InChI is InChI=1S/C14H14FNO/c1-17-13-9-11(7-8-12(13)15)14(16)10-5-3-2-4-6-10/h2-9,14H,16H2,1H3. The summed E-state index contributed by atoms with van der Waals surface area (Å²) in [6.45, 7) is 0. The monoisotopic (exact) mass is 231 g/mol. The van der Waals surface area contributed by atoms with Crippen LogP contribution < -0.4 is 10.5 Å². The zero-order valence-electron chi connectivity index (χ0n) is 9.56. The van der Waals surface area contributed by atoms with E-state index in [-0.39, 0.29) is 17.6 Å². The molecule has 0 bridgehead atoms. The van der Waals surface area contributed by atoms with Gasteiger partial charge in [0.15, 0.2) is 11.6 Å². The van der Waals surface area contributed by atoms with Crippen molar-refractivity contribution < 1.29 is 9.13 Å². The Balaban J connectivity index is 2.34. The number of hydrogen-bond donors (Lipinski definition) is 1. The minimum absolute atomic E-state index is 0.217. The van der Waals surface area contributed by atoms with Crippen LogP contribution in [0.4, 0.5) is 4.39 Å². The average molecular weight is 231 g/mol. The van der Waals surface area contributed by atoms with E-state index in [0.29, 0.717) is 0 Å². The number of rotatable bonds is 3. The molecule has 0 saturated heterocycles. The number of ether oxygens (including phenoxy) is 1. The van der Waals surface area contributed by atoms with Gasteiger partial charge in [0, 0.05) is 0 Å². The number of nitrogens with two attached hydrogens (primary N) is 1. The van der Waals surface area contributed by atoms with Crippen LogP contribution in [0.3, 0.4) is 0 Å². The summed E-state index contributed by atoms with van der Waals surface area (Å²) in [6.07, 6.45) is 0. The fraction of sp³-hybridized carbons (Fsp3) is 0.143. The molecule has 2 nitrogen and oxygen atoms in total. The molecule has 2 aromatic rings. The average Bonchev–Trinajstić information content (AvgIpc) is 2.39. The Morgan fingerprint density at radius 2 is 1.76 bits per heavy atom. The number of methoxy groups -OCH3 is 1. The molecule has 2 aromatic carbocycles. The Kier molecular flexibility index (Phi) is 3.40. The van der Waals surface area contributed by atoms with E-state index in [1.165, 1.54) is 13.2 Å². The smallest absolute Gasteiger partial charge is 0.165 e. The molecule has 0 aliphatic carbocycles. The minimum atomic E-state index is -0.378. The highest BCUT2D eigenvalue weighted by atomic mass is 19.1. The van der Waals surface area contributed by atoms with Crippen LogP contribution in [0.5, 0.6) is 5.75 Å². The molecule has 1 unspecified atom stereocenters. The van der Waals surface area contributed by atoms with E-state index in [4.69, 9.17) is 10.5 Å². The molecular formula is C14H14FNO. The van der Waals surface area contributed by atoms with Crippen LogP contribution >= 0.6 is 0 Å². The molecule has 88 valence electrons. The van der Waals surface area contributed by atoms with E-state index >= 15 is 0 Å². The second kappa shape index (κ2) is 4.97. The van der Waals surface area contributed by atoms with Gasteiger partial charge in [-0.1, -0.05) is 36.4 Å². The van der Waals surface area contributed by atoms with Gasteiger partial charge in [-0.2, -0.15) is 0 Å². The second-order valence-electron chi connectivity index (χ2n) is 3.78. The summed E-state index contributed by atoms with van der Waals surface area (Å²) < 4.78 is 18.2. The molecule has 0 saturated carbocycles. The van der Waals surface area contributed by atoms with Crippen molar-refractivity contribution in [1.29, 1.82) is 0 Å². The topological polar surface area (TPSA) is 35.2 Å². The van der Waals surface area contributed by atoms with Crippen molar-refractivity contribution in [2.75, 3.05) is 7.11 Å². The van der Waals surface area contributed by atoms with Gasteiger partial charge in [-0.25, -0.2) is 4.39 Å². The van der Waals surface area contributed by atoms with Crippen molar-refractivity contribution in [2.24, 2.45) is 5.73 Å². The van der Waals surface area contributed by atoms with Crippen molar-refractivity contribution in [3.8, 4) is 5.75 Å². The van der Waals surface area contributed by atoms with Gasteiger partial charge >= 0.3 is 0 Å². The maximum Gasteiger partial charge on any atom is 0.165 e. The lowest BCUT2D eigenvalue weighted by Gasteiger charge is -2.13. The Hall–Kier alpha value is -1.87. The molecule has 0 amide bonds. The Labute approximate surface area is 99.8 Å². The molecule has 0 spiro atoms. The first-order valence-corrected chi connectivity index (χ1v) is 5.36. The van der Waals surface area contributed by atoms with Gasteiger partial charge in [-0.05, 0) is 23.3 Å². The van der Waals surface area contributed by atoms with Crippen molar-refractivity contribution in [2.45, 2.75) is 6.04 Å². The predicted octanol–water partition coefficient (Wildman–Crippen LogP) is 2.88. The molecule has 2 rings (SSSR count). The fourth-order valence-corrected chi connectivity index (χ4v) is 1.72. The van der Waals surface area contributed by atoms with Gasteiger partial charge in [-0.15, -0.1) is 0 Å². The van der Waals surface area contributed by atoms with Crippen LogP contribution in [-0.4, -0.2) is 7.11 Å². The van der Waals surface area contributed by atoms with E-state index < -0.39 is 0 Å². The first-order valence-electron chi connectivity index (χ1n) is 5.36. The SMILES string of the molecule is COc1cc(C(N)c2ccccc2)ccc1F. The summed E-state index contributed by atoms with van der Waals surface area (Å²) >= 11 is 0. The molecule has 0 fully saturated rings. The highest BCUT2D eigenvalue weighted by Gasteiger charge is 2.11. The summed E-state index contributed by atoms with van der Waals surface area (Å²) in [7, 11) is 1.44. The van der Waals surface area contributed by atoms with Crippen molar-refractivity contribution in [1.82, 2.24) is 0 Å².